The molecule has 0 aromatic rings. The molecular formula is C5H6ClNO3. The highest BCUT2D eigenvalue weighted by Gasteiger charge is 2.11. The number of isocyanates is 1. The third kappa shape index (κ3) is 3.22. The molecule has 0 rings (SSSR count). The van der Waals surface area contributed by atoms with Crippen molar-refractivity contribution in [3.63, 3.8) is 0 Å². The predicted octanol–water partition coefficient (Wildman–Crippen LogP) is 0.450. The van der Waals surface area contributed by atoms with Crippen LogP contribution >= 0.6 is 11.6 Å². The fourth-order valence-corrected chi connectivity index (χ4v) is 0.414. The third-order valence-corrected chi connectivity index (χ3v) is 0.893. The molecule has 0 amide bonds. The summed E-state index contributed by atoms with van der Waals surface area (Å²) < 4.78 is 4.31. The Morgan fingerprint density at radius 3 is 2.90 bits per heavy atom. The average molecular weight is 164 g/mol. The Morgan fingerprint density at radius 1 is 1.90 bits per heavy atom. The highest BCUT2D eigenvalue weighted by Crippen LogP contribution is 1.92. The molecular weight excluding hydrogens is 158 g/mol. The first kappa shape index (κ1) is 9.14. The number of halogens is 1. The van der Waals surface area contributed by atoms with Gasteiger partial charge in [0, 0.05) is 0 Å². The van der Waals surface area contributed by atoms with Crippen LogP contribution < -0.4 is 0 Å². The zero-order chi connectivity index (χ0) is 7.98. The number of hydrogen-bond donors (Lipinski definition) is 0. The average Bonchev–Trinajstić information content (AvgIpc) is 1.89. The van der Waals surface area contributed by atoms with Gasteiger partial charge >= 0.3 is 5.97 Å². The second-order valence-corrected chi connectivity index (χ2v) is 1.69. The minimum absolute atomic E-state index is 0.225. The Kier molecular flexibility index (Phi) is 4.54. The molecule has 0 aliphatic heterocycles. The van der Waals surface area contributed by atoms with Crippen LogP contribution in [0.25, 0.3) is 0 Å². The lowest BCUT2D eigenvalue weighted by Gasteiger charge is -2.00. The standard InChI is InChI=1S/C5H6ClNO3/c1-4(7-3-8)5(9)10-2-6/h4H,2H2,1H3. The maximum Gasteiger partial charge on any atom is 0.332 e. The summed E-state index contributed by atoms with van der Waals surface area (Å²) in [6, 6.07) is -1.03. The normalized spacial score (nSPS) is 11.4. The van der Waals surface area contributed by atoms with Gasteiger partial charge in [-0.25, -0.2) is 9.59 Å². The molecule has 0 saturated carbocycles. The summed E-state index contributed by atoms with van der Waals surface area (Å²) in [5, 5.41) is 0. The fraction of sp³-hybridized carbons (Fsp3) is 0.600. The van der Waals surface area contributed by atoms with Gasteiger partial charge in [-0.05, 0) is 6.92 Å². The number of esters is 1. The topological polar surface area (TPSA) is 55.7 Å². The number of hydrogen-bond acceptors (Lipinski definition) is 4. The van der Waals surface area contributed by atoms with Gasteiger partial charge in [0.25, 0.3) is 0 Å². The van der Waals surface area contributed by atoms with Crippen molar-refractivity contribution < 1.29 is 14.3 Å². The maximum absolute atomic E-state index is 10.6. The van der Waals surface area contributed by atoms with Gasteiger partial charge in [-0.3, -0.25) is 0 Å². The van der Waals surface area contributed by atoms with Crippen LogP contribution in [0.4, 0.5) is 0 Å². The Balaban J connectivity index is 3.81. The summed E-state index contributed by atoms with van der Waals surface area (Å²) >= 11 is 5.06. The van der Waals surface area contributed by atoms with Crippen LogP contribution in [0.1, 0.15) is 6.92 Å². The van der Waals surface area contributed by atoms with Crippen LogP contribution in [-0.4, -0.2) is 24.2 Å². The van der Waals surface area contributed by atoms with Gasteiger partial charge in [-0.1, -0.05) is 11.6 Å². The molecule has 4 nitrogen and oxygen atoms in total. The Bertz CT molecular complexity index is 164. The highest BCUT2D eigenvalue weighted by atomic mass is 35.5. The van der Waals surface area contributed by atoms with Gasteiger partial charge in [0.1, 0.15) is 0 Å². The molecule has 0 spiro atoms. The number of ether oxygens (including phenoxy) is 1. The first-order valence-electron chi connectivity index (χ1n) is 2.52. The number of carbonyl (C=O) groups excluding carboxylic acids is 2. The van der Waals surface area contributed by atoms with E-state index in [1.54, 1.807) is 0 Å². The fourth-order valence-electron chi connectivity index (χ4n) is 0.306. The monoisotopic (exact) mass is 163 g/mol. The van der Waals surface area contributed by atoms with E-state index in [0.29, 0.717) is 0 Å². The number of nitrogens with zero attached hydrogens (tertiary/aromatic N) is 1. The van der Waals surface area contributed by atoms with Crippen LogP contribution in [0.5, 0.6) is 0 Å². The minimum atomic E-state index is -0.809. The van der Waals surface area contributed by atoms with Gasteiger partial charge in [0.2, 0.25) is 6.08 Å². The number of alkyl halides is 1. The van der Waals surface area contributed by atoms with Crippen molar-refractivity contribution in [2.24, 2.45) is 4.99 Å². The SMILES string of the molecule is CC(N=C=O)C(=O)OCCl. The van der Waals surface area contributed by atoms with E-state index in [-0.39, 0.29) is 6.07 Å². The zero-order valence-electron chi connectivity index (χ0n) is 5.33. The van der Waals surface area contributed by atoms with Crippen LogP contribution in [0.2, 0.25) is 0 Å². The molecule has 0 aliphatic rings. The van der Waals surface area contributed by atoms with E-state index in [9.17, 15) is 9.59 Å². The van der Waals surface area contributed by atoms with Gasteiger partial charge in [-0.15, -0.1) is 0 Å². The predicted molar refractivity (Wildman–Crippen MR) is 34.4 cm³/mol. The summed E-state index contributed by atoms with van der Waals surface area (Å²) in [5.41, 5.74) is 0. The molecule has 0 N–H and O–H groups in total. The van der Waals surface area contributed by atoms with Gasteiger partial charge in [0.15, 0.2) is 12.1 Å². The Hall–Kier alpha value is -0.860. The van der Waals surface area contributed by atoms with Crippen molar-refractivity contribution in [1.29, 1.82) is 0 Å². The van der Waals surface area contributed by atoms with Crippen LogP contribution in [0, 0.1) is 0 Å². The largest absolute Gasteiger partial charge is 0.448 e. The number of aliphatic imine (C=N–C) groups is 1. The summed E-state index contributed by atoms with van der Waals surface area (Å²) in [7, 11) is 0. The summed E-state index contributed by atoms with van der Waals surface area (Å²) in [5.74, 6) is -0.627. The highest BCUT2D eigenvalue weighted by molar-refractivity contribution is 6.17. The second kappa shape index (κ2) is 4.97. The smallest absolute Gasteiger partial charge is 0.332 e. The molecule has 0 heterocycles. The van der Waals surface area contributed by atoms with Crippen molar-refractivity contribution in [2.45, 2.75) is 13.0 Å². The van der Waals surface area contributed by atoms with Crippen LogP contribution in [0.15, 0.2) is 4.99 Å². The van der Waals surface area contributed by atoms with Crippen molar-refractivity contribution >= 4 is 23.7 Å². The lowest BCUT2D eigenvalue weighted by Crippen LogP contribution is -2.16. The van der Waals surface area contributed by atoms with E-state index in [1.165, 1.54) is 13.0 Å². The summed E-state index contributed by atoms with van der Waals surface area (Å²) in [4.78, 5) is 23.2. The van der Waals surface area contributed by atoms with Crippen molar-refractivity contribution in [1.82, 2.24) is 0 Å². The van der Waals surface area contributed by atoms with Crippen LogP contribution in [0.3, 0.4) is 0 Å². The quantitative estimate of drug-likeness (QED) is 0.263. The lowest BCUT2D eigenvalue weighted by molar-refractivity contribution is -0.142. The van der Waals surface area contributed by atoms with Gasteiger partial charge in [0.05, 0.1) is 0 Å². The van der Waals surface area contributed by atoms with E-state index in [4.69, 9.17) is 11.6 Å². The molecule has 1 unspecified atom stereocenters. The maximum atomic E-state index is 10.6. The number of rotatable bonds is 3. The molecule has 0 aliphatic carbocycles. The van der Waals surface area contributed by atoms with Crippen molar-refractivity contribution in [2.75, 3.05) is 6.07 Å². The summed E-state index contributed by atoms with van der Waals surface area (Å²) in [6.45, 7) is 1.42. The van der Waals surface area contributed by atoms with E-state index in [0.717, 1.165) is 0 Å². The third-order valence-electron chi connectivity index (χ3n) is 0.784. The molecule has 0 radical (unpaired) electrons. The molecule has 56 valence electrons. The molecule has 1 atom stereocenters. The van der Waals surface area contributed by atoms with E-state index < -0.39 is 12.0 Å². The molecule has 0 aromatic heterocycles. The first-order valence-corrected chi connectivity index (χ1v) is 3.05. The molecule has 0 aromatic carbocycles. The molecule has 5 heteroatoms. The lowest BCUT2D eigenvalue weighted by atomic mass is 10.4. The molecule has 10 heavy (non-hydrogen) atoms. The van der Waals surface area contributed by atoms with Crippen molar-refractivity contribution in [3.8, 4) is 0 Å². The van der Waals surface area contributed by atoms with Crippen LogP contribution in [-0.2, 0) is 14.3 Å². The number of carbonyl (C=O) groups is 1. The van der Waals surface area contributed by atoms with Gasteiger partial charge in [-0.2, -0.15) is 4.99 Å². The second-order valence-electron chi connectivity index (χ2n) is 1.47. The van der Waals surface area contributed by atoms with E-state index in [2.05, 4.69) is 9.73 Å². The van der Waals surface area contributed by atoms with Crippen molar-refractivity contribution in [3.05, 3.63) is 0 Å². The van der Waals surface area contributed by atoms with E-state index >= 15 is 0 Å². The minimum Gasteiger partial charge on any atom is -0.448 e. The molecule has 0 bridgehead atoms. The molecule has 0 fully saturated rings. The zero-order valence-corrected chi connectivity index (χ0v) is 6.09. The van der Waals surface area contributed by atoms with E-state index in [1.807, 2.05) is 0 Å². The Morgan fingerprint density at radius 2 is 2.50 bits per heavy atom. The Labute approximate surface area is 62.8 Å². The first-order chi connectivity index (χ1) is 4.72. The summed E-state index contributed by atoms with van der Waals surface area (Å²) in [6.07, 6.45) is 1.24. The molecule has 0 saturated heterocycles. The van der Waals surface area contributed by atoms with Gasteiger partial charge < -0.3 is 4.74 Å².